The van der Waals surface area contributed by atoms with Crippen LogP contribution < -0.4 is 15.0 Å². The molecule has 2 saturated heterocycles. The van der Waals surface area contributed by atoms with Crippen LogP contribution in [0.2, 0.25) is 0 Å². The van der Waals surface area contributed by atoms with E-state index in [1.54, 1.807) is 11.8 Å². The zero-order valence-electron chi connectivity index (χ0n) is 21.8. The molecule has 2 fully saturated rings. The summed E-state index contributed by atoms with van der Waals surface area (Å²) in [7, 11) is 5.83. The van der Waals surface area contributed by atoms with Crippen molar-refractivity contribution in [3.63, 3.8) is 0 Å². The fraction of sp³-hybridized carbons (Fsp3) is 0.444. The van der Waals surface area contributed by atoms with Gasteiger partial charge < -0.3 is 24.8 Å². The van der Waals surface area contributed by atoms with Crippen molar-refractivity contribution in [2.45, 2.75) is 18.9 Å². The van der Waals surface area contributed by atoms with Crippen molar-refractivity contribution in [2.75, 3.05) is 63.6 Å². The second-order valence-electron chi connectivity index (χ2n) is 10.1. The first-order valence-electron chi connectivity index (χ1n) is 13.0. The average molecular weight is 502 g/mol. The van der Waals surface area contributed by atoms with Crippen LogP contribution in [-0.2, 0) is 7.05 Å². The SMILES string of the molecule is COc1cc(N2CCC(N3CCN(C)CC3)CC2)ccc1Nc1nc(-c2cnn(C)c2)c2cc[nH]c2n1. The number of anilines is 3. The average Bonchev–Trinajstić information content (AvgIpc) is 3.58. The van der Waals surface area contributed by atoms with Crippen molar-refractivity contribution in [3.8, 4) is 17.0 Å². The Kier molecular flexibility index (Phi) is 6.43. The largest absolute Gasteiger partial charge is 0.494 e. The Labute approximate surface area is 217 Å². The molecule has 1 aromatic carbocycles. The summed E-state index contributed by atoms with van der Waals surface area (Å²) in [4.78, 5) is 20.3. The van der Waals surface area contributed by atoms with Crippen molar-refractivity contribution < 1.29 is 4.74 Å². The van der Waals surface area contributed by atoms with Crippen LogP contribution in [0.3, 0.4) is 0 Å². The first-order chi connectivity index (χ1) is 18.1. The van der Waals surface area contributed by atoms with E-state index < -0.39 is 0 Å². The monoisotopic (exact) mass is 501 g/mol. The van der Waals surface area contributed by atoms with E-state index in [0.29, 0.717) is 12.0 Å². The minimum absolute atomic E-state index is 0.507. The molecule has 0 spiro atoms. The molecule has 10 heteroatoms. The van der Waals surface area contributed by atoms with Crippen LogP contribution in [0.5, 0.6) is 5.75 Å². The molecule has 37 heavy (non-hydrogen) atoms. The lowest BCUT2D eigenvalue weighted by atomic mass is 10.0. The lowest BCUT2D eigenvalue weighted by molar-refractivity contribution is 0.0982. The molecule has 0 unspecified atom stereocenters. The molecule has 3 aromatic heterocycles. The van der Waals surface area contributed by atoms with Gasteiger partial charge in [0.25, 0.3) is 0 Å². The summed E-state index contributed by atoms with van der Waals surface area (Å²) in [5, 5.41) is 8.65. The Balaban J connectivity index is 1.18. The number of H-pyrrole nitrogens is 1. The van der Waals surface area contributed by atoms with Crippen molar-refractivity contribution in [2.24, 2.45) is 7.05 Å². The van der Waals surface area contributed by atoms with E-state index in [1.165, 1.54) is 44.7 Å². The predicted molar refractivity (Wildman–Crippen MR) is 147 cm³/mol. The predicted octanol–water partition coefficient (Wildman–Crippen LogP) is 3.33. The van der Waals surface area contributed by atoms with Gasteiger partial charge in [-0.25, -0.2) is 4.98 Å². The Hall–Kier alpha value is -3.63. The van der Waals surface area contributed by atoms with Crippen molar-refractivity contribution in [1.82, 2.24) is 34.5 Å². The highest BCUT2D eigenvalue weighted by molar-refractivity contribution is 5.91. The van der Waals surface area contributed by atoms with Crippen LogP contribution in [0.15, 0.2) is 42.9 Å². The van der Waals surface area contributed by atoms with Gasteiger partial charge in [-0.3, -0.25) is 9.58 Å². The van der Waals surface area contributed by atoms with Crippen LogP contribution in [0, 0.1) is 0 Å². The Bertz CT molecular complexity index is 1360. The molecule has 5 heterocycles. The molecular weight excluding hydrogens is 466 g/mol. The van der Waals surface area contributed by atoms with E-state index in [2.05, 4.69) is 60.3 Å². The van der Waals surface area contributed by atoms with E-state index in [4.69, 9.17) is 9.72 Å². The fourth-order valence-electron chi connectivity index (χ4n) is 5.54. The Morgan fingerprint density at radius 3 is 2.54 bits per heavy atom. The van der Waals surface area contributed by atoms with Crippen LogP contribution in [0.4, 0.5) is 17.3 Å². The van der Waals surface area contributed by atoms with Crippen molar-refractivity contribution >= 4 is 28.4 Å². The maximum atomic E-state index is 5.79. The minimum Gasteiger partial charge on any atom is -0.494 e. The number of piperidine rings is 1. The third-order valence-electron chi connectivity index (χ3n) is 7.71. The van der Waals surface area contributed by atoms with Crippen LogP contribution >= 0.6 is 0 Å². The number of fused-ring (bicyclic) bond motifs is 1. The summed E-state index contributed by atoms with van der Waals surface area (Å²) in [6, 6.07) is 9.03. The van der Waals surface area contributed by atoms with Gasteiger partial charge in [-0.2, -0.15) is 10.1 Å². The normalized spacial score (nSPS) is 18.0. The standard InChI is InChI=1S/C27H35N9O/c1-33-12-14-36(15-13-33)20-7-10-35(11-8-20)21-4-5-23(24(16-21)37-3)30-27-31-25(19-17-29-34(2)18-19)22-6-9-28-26(22)32-27/h4-6,9,16-18,20H,7-8,10-15H2,1-3H3,(H2,28,30,31,32). The number of rotatable bonds is 6. The maximum absolute atomic E-state index is 5.79. The molecule has 6 rings (SSSR count). The van der Waals surface area contributed by atoms with E-state index in [0.717, 1.165) is 46.8 Å². The number of likely N-dealkylation sites (N-methyl/N-ethyl adjacent to an activating group) is 1. The number of methoxy groups -OCH3 is 1. The molecule has 10 nitrogen and oxygen atoms in total. The van der Waals surface area contributed by atoms with Gasteiger partial charge in [0.2, 0.25) is 5.95 Å². The van der Waals surface area contributed by atoms with Crippen LogP contribution in [-0.4, -0.2) is 94.0 Å². The highest BCUT2D eigenvalue weighted by Gasteiger charge is 2.27. The molecule has 2 N–H and O–H groups in total. The summed E-state index contributed by atoms with van der Waals surface area (Å²) in [5.74, 6) is 1.28. The molecule has 2 aliphatic rings. The van der Waals surface area contributed by atoms with E-state index in [-0.39, 0.29) is 0 Å². The highest BCUT2D eigenvalue weighted by Crippen LogP contribution is 2.34. The van der Waals surface area contributed by atoms with Gasteiger partial charge in [0.05, 0.1) is 24.7 Å². The van der Waals surface area contributed by atoms with E-state index in [1.807, 2.05) is 31.7 Å². The Morgan fingerprint density at radius 2 is 1.81 bits per heavy atom. The van der Waals surface area contributed by atoms with Gasteiger partial charge in [0, 0.05) is 87.5 Å². The molecular formula is C27H35N9O. The number of ether oxygens (including phenoxy) is 1. The van der Waals surface area contributed by atoms with Crippen LogP contribution in [0.25, 0.3) is 22.3 Å². The maximum Gasteiger partial charge on any atom is 0.229 e. The molecule has 0 bridgehead atoms. The number of nitrogens with zero attached hydrogens (tertiary/aromatic N) is 7. The van der Waals surface area contributed by atoms with Gasteiger partial charge in [0.1, 0.15) is 11.4 Å². The number of benzene rings is 1. The van der Waals surface area contributed by atoms with Gasteiger partial charge >= 0.3 is 0 Å². The van der Waals surface area contributed by atoms with Crippen molar-refractivity contribution in [3.05, 3.63) is 42.9 Å². The molecule has 0 radical (unpaired) electrons. The van der Waals surface area contributed by atoms with Crippen LogP contribution in [0.1, 0.15) is 12.8 Å². The summed E-state index contributed by atoms with van der Waals surface area (Å²) in [5.41, 5.74) is 4.58. The zero-order chi connectivity index (χ0) is 25.4. The number of aryl methyl sites for hydroxylation is 1. The molecule has 0 amide bonds. The number of aromatic nitrogens is 5. The first kappa shape index (κ1) is 23.7. The number of aromatic amines is 1. The minimum atomic E-state index is 0.507. The molecule has 0 atom stereocenters. The topological polar surface area (TPSA) is 90.4 Å². The highest BCUT2D eigenvalue weighted by atomic mass is 16.5. The lowest BCUT2D eigenvalue weighted by Crippen LogP contribution is -2.52. The smallest absolute Gasteiger partial charge is 0.229 e. The van der Waals surface area contributed by atoms with Crippen molar-refractivity contribution in [1.29, 1.82) is 0 Å². The summed E-state index contributed by atoms with van der Waals surface area (Å²) in [6.07, 6.45) is 8.06. The molecule has 0 saturated carbocycles. The van der Waals surface area contributed by atoms with Gasteiger partial charge in [-0.15, -0.1) is 0 Å². The number of piperazine rings is 1. The summed E-state index contributed by atoms with van der Waals surface area (Å²) < 4.78 is 7.56. The van der Waals surface area contributed by atoms with E-state index >= 15 is 0 Å². The first-order valence-corrected chi connectivity index (χ1v) is 13.0. The number of hydrogen-bond acceptors (Lipinski definition) is 8. The fourth-order valence-corrected chi connectivity index (χ4v) is 5.54. The second kappa shape index (κ2) is 10.0. The molecule has 194 valence electrons. The number of hydrogen-bond donors (Lipinski definition) is 2. The molecule has 4 aromatic rings. The van der Waals surface area contributed by atoms with Gasteiger partial charge in [-0.1, -0.05) is 0 Å². The molecule has 0 aliphatic carbocycles. The molecule has 2 aliphatic heterocycles. The quantitative estimate of drug-likeness (QED) is 0.416. The zero-order valence-corrected chi connectivity index (χ0v) is 21.8. The number of nitrogens with one attached hydrogen (secondary N) is 2. The van der Waals surface area contributed by atoms with Gasteiger partial charge in [0.15, 0.2) is 0 Å². The Morgan fingerprint density at radius 1 is 1.00 bits per heavy atom. The summed E-state index contributed by atoms with van der Waals surface area (Å²) in [6.45, 7) is 6.86. The van der Waals surface area contributed by atoms with Gasteiger partial charge in [-0.05, 0) is 38.1 Å². The van der Waals surface area contributed by atoms with E-state index in [9.17, 15) is 0 Å². The second-order valence-corrected chi connectivity index (χ2v) is 10.1. The lowest BCUT2D eigenvalue weighted by Gasteiger charge is -2.42. The third kappa shape index (κ3) is 4.86. The summed E-state index contributed by atoms with van der Waals surface area (Å²) >= 11 is 0. The third-order valence-corrected chi connectivity index (χ3v) is 7.71.